The number of carbonyl (C=O) groups is 1. The Morgan fingerprint density at radius 3 is 2.71 bits per heavy atom. The highest BCUT2D eigenvalue weighted by Gasteiger charge is 2.28. The molecule has 2 aromatic rings. The lowest BCUT2D eigenvalue weighted by atomic mass is 10.1. The number of carbonyl (C=O) groups excluding carboxylic acids is 1. The van der Waals surface area contributed by atoms with Gasteiger partial charge in [-0.2, -0.15) is 4.98 Å². The van der Waals surface area contributed by atoms with Crippen LogP contribution in [0.15, 0.2) is 30.5 Å². The van der Waals surface area contributed by atoms with Crippen LogP contribution in [0.2, 0.25) is 0 Å². The lowest BCUT2D eigenvalue weighted by Crippen LogP contribution is -2.29. The summed E-state index contributed by atoms with van der Waals surface area (Å²) in [5.74, 6) is 0.0957. The van der Waals surface area contributed by atoms with Gasteiger partial charge >= 0.3 is 0 Å². The van der Waals surface area contributed by atoms with Gasteiger partial charge in [0.05, 0.1) is 25.3 Å². The number of hydrogen-bond acceptors (Lipinski definition) is 6. The normalized spacial score (nSPS) is 17.0. The van der Waals surface area contributed by atoms with Gasteiger partial charge in [0.2, 0.25) is 11.9 Å². The molecule has 1 aliphatic rings. The predicted molar refractivity (Wildman–Crippen MR) is 111 cm³/mol. The zero-order valence-corrected chi connectivity index (χ0v) is 17.7. The quantitative estimate of drug-likeness (QED) is 0.684. The maximum atomic E-state index is 14.3. The van der Waals surface area contributed by atoms with Crippen molar-refractivity contribution in [2.45, 2.75) is 38.8 Å². The molecule has 1 aromatic carbocycles. The van der Waals surface area contributed by atoms with Crippen LogP contribution in [0.4, 0.5) is 24.9 Å². The third-order valence-corrected chi connectivity index (χ3v) is 5.01. The van der Waals surface area contributed by atoms with Crippen LogP contribution in [-0.4, -0.2) is 55.1 Å². The van der Waals surface area contributed by atoms with E-state index in [9.17, 15) is 18.0 Å². The van der Waals surface area contributed by atoms with Crippen molar-refractivity contribution in [1.29, 1.82) is 0 Å². The van der Waals surface area contributed by atoms with Crippen molar-refractivity contribution in [3.05, 3.63) is 41.8 Å². The van der Waals surface area contributed by atoms with Crippen molar-refractivity contribution in [2.24, 2.45) is 0 Å². The first-order chi connectivity index (χ1) is 14.7. The van der Waals surface area contributed by atoms with Crippen LogP contribution in [0.25, 0.3) is 0 Å². The van der Waals surface area contributed by atoms with Crippen LogP contribution in [-0.2, 0) is 4.79 Å². The molecule has 7 nitrogen and oxygen atoms in total. The topological polar surface area (TPSA) is 70.6 Å². The number of anilines is 2. The van der Waals surface area contributed by atoms with E-state index in [1.807, 2.05) is 31.2 Å². The van der Waals surface area contributed by atoms with Crippen molar-refractivity contribution in [1.82, 2.24) is 15.3 Å². The maximum absolute atomic E-state index is 14.3. The van der Waals surface area contributed by atoms with Crippen LogP contribution >= 0.6 is 0 Å². The minimum atomic E-state index is -2.54. The van der Waals surface area contributed by atoms with Gasteiger partial charge in [-0.05, 0) is 24.6 Å². The molecule has 0 bridgehead atoms. The zero-order chi connectivity index (χ0) is 22.5. The smallest absolute Gasteiger partial charge is 0.255 e. The monoisotopic (exact) mass is 437 g/mol. The van der Waals surface area contributed by atoms with Crippen molar-refractivity contribution in [3.63, 3.8) is 0 Å². The first kappa shape index (κ1) is 22.6. The number of ether oxygens (including phenoxy) is 1. The molecule has 0 aliphatic carbocycles. The van der Waals surface area contributed by atoms with Gasteiger partial charge in [-0.15, -0.1) is 0 Å². The molecule has 1 aliphatic heterocycles. The fourth-order valence-corrected chi connectivity index (χ4v) is 3.48. The van der Waals surface area contributed by atoms with Crippen molar-refractivity contribution in [3.8, 4) is 5.75 Å². The summed E-state index contributed by atoms with van der Waals surface area (Å²) in [6.45, 7) is 3.77. The lowest BCUT2D eigenvalue weighted by molar-refractivity contribution is -0.119. The Morgan fingerprint density at radius 1 is 1.35 bits per heavy atom. The second-order valence-electron chi connectivity index (χ2n) is 7.58. The summed E-state index contributed by atoms with van der Waals surface area (Å²) < 4.78 is 45.6. The second-order valence-corrected chi connectivity index (χ2v) is 7.58. The standard InChI is InChI=1S/C21H26F3N5O2/c1-13(26-14(2)30)15-4-6-16(7-5-15)31-17-8-9-29(11-17)20-18(22)10-25-21(27-20)28(3)12-19(23)24/h4-7,10,13,17,19H,8-9,11-12H2,1-3H3,(H,26,30)/t13-,17+/m0/s1. The summed E-state index contributed by atoms with van der Waals surface area (Å²) in [6, 6.07) is 7.33. The molecule has 0 unspecified atom stereocenters. The first-order valence-corrected chi connectivity index (χ1v) is 10.0. The van der Waals surface area contributed by atoms with Gasteiger partial charge in [0, 0.05) is 26.9 Å². The van der Waals surface area contributed by atoms with E-state index in [0.29, 0.717) is 25.3 Å². The third kappa shape index (κ3) is 5.99. The second kappa shape index (κ2) is 9.84. The van der Waals surface area contributed by atoms with Crippen LogP contribution in [0.3, 0.4) is 0 Å². The molecule has 1 saturated heterocycles. The number of amides is 1. The maximum Gasteiger partial charge on any atom is 0.255 e. The lowest BCUT2D eigenvalue weighted by Gasteiger charge is -2.21. The molecule has 1 fully saturated rings. The highest BCUT2D eigenvalue weighted by molar-refractivity contribution is 5.73. The van der Waals surface area contributed by atoms with Crippen molar-refractivity contribution in [2.75, 3.05) is 36.5 Å². The summed E-state index contributed by atoms with van der Waals surface area (Å²) in [6.07, 6.45) is -1.05. The number of hydrogen-bond donors (Lipinski definition) is 1. The molecule has 1 amide bonds. The molecule has 0 radical (unpaired) electrons. The number of nitrogens with one attached hydrogen (secondary N) is 1. The van der Waals surface area contributed by atoms with E-state index in [4.69, 9.17) is 4.74 Å². The Kier molecular flexibility index (Phi) is 7.19. The summed E-state index contributed by atoms with van der Waals surface area (Å²) in [7, 11) is 1.44. The minimum Gasteiger partial charge on any atom is -0.489 e. The molecule has 0 saturated carbocycles. The zero-order valence-electron chi connectivity index (χ0n) is 17.7. The Hall–Kier alpha value is -3.04. The Balaban J connectivity index is 1.62. The van der Waals surface area contributed by atoms with E-state index in [0.717, 1.165) is 11.8 Å². The summed E-state index contributed by atoms with van der Waals surface area (Å²) >= 11 is 0. The van der Waals surface area contributed by atoms with E-state index in [1.165, 1.54) is 18.9 Å². The van der Waals surface area contributed by atoms with Crippen molar-refractivity contribution < 1.29 is 22.7 Å². The molecule has 0 spiro atoms. The SMILES string of the molecule is CC(=O)N[C@@H](C)c1ccc(O[C@@H]2CCN(c3nc(N(C)CC(F)F)ncc3F)C2)cc1. The first-order valence-electron chi connectivity index (χ1n) is 10.0. The molecule has 31 heavy (non-hydrogen) atoms. The van der Waals surface area contributed by atoms with Gasteiger partial charge in [-0.3, -0.25) is 4.79 Å². The summed E-state index contributed by atoms with van der Waals surface area (Å²) in [4.78, 5) is 22.1. The molecule has 1 aromatic heterocycles. The van der Waals surface area contributed by atoms with E-state index in [1.54, 1.807) is 4.90 Å². The highest BCUT2D eigenvalue weighted by Crippen LogP contribution is 2.26. The fourth-order valence-electron chi connectivity index (χ4n) is 3.48. The average Bonchev–Trinajstić information content (AvgIpc) is 3.16. The van der Waals surface area contributed by atoms with Gasteiger partial charge in [0.15, 0.2) is 11.6 Å². The number of rotatable bonds is 8. The number of aromatic nitrogens is 2. The molecular weight excluding hydrogens is 411 g/mol. The summed E-state index contributed by atoms with van der Waals surface area (Å²) in [5, 5.41) is 2.82. The summed E-state index contributed by atoms with van der Waals surface area (Å²) in [5.41, 5.74) is 0.958. The van der Waals surface area contributed by atoms with E-state index >= 15 is 0 Å². The van der Waals surface area contributed by atoms with Crippen LogP contribution < -0.4 is 19.9 Å². The number of nitrogens with zero attached hydrogens (tertiary/aromatic N) is 4. The van der Waals surface area contributed by atoms with E-state index < -0.39 is 18.8 Å². The van der Waals surface area contributed by atoms with Gasteiger partial charge < -0.3 is 19.9 Å². The van der Waals surface area contributed by atoms with Crippen LogP contribution in [0, 0.1) is 5.82 Å². The molecule has 168 valence electrons. The molecular formula is C21H26F3N5O2. The highest BCUT2D eigenvalue weighted by atomic mass is 19.3. The van der Waals surface area contributed by atoms with Gasteiger partial charge in [-0.1, -0.05) is 12.1 Å². The van der Waals surface area contributed by atoms with E-state index in [2.05, 4.69) is 15.3 Å². The van der Waals surface area contributed by atoms with E-state index in [-0.39, 0.29) is 29.8 Å². The van der Waals surface area contributed by atoms with Crippen molar-refractivity contribution >= 4 is 17.7 Å². The number of alkyl halides is 2. The van der Waals surface area contributed by atoms with Gasteiger partial charge in [0.25, 0.3) is 6.43 Å². The Morgan fingerprint density at radius 2 is 2.06 bits per heavy atom. The van der Waals surface area contributed by atoms with Gasteiger partial charge in [-0.25, -0.2) is 18.2 Å². The van der Waals surface area contributed by atoms with Crippen LogP contribution in [0.1, 0.15) is 31.9 Å². The van der Waals surface area contributed by atoms with Crippen LogP contribution in [0.5, 0.6) is 5.75 Å². The molecule has 10 heteroatoms. The largest absolute Gasteiger partial charge is 0.489 e. The minimum absolute atomic E-state index is 0.0462. The molecule has 1 N–H and O–H groups in total. The number of benzene rings is 1. The Bertz CT molecular complexity index is 897. The third-order valence-electron chi connectivity index (χ3n) is 5.01. The average molecular weight is 437 g/mol. The number of halogens is 3. The van der Waals surface area contributed by atoms with Gasteiger partial charge in [0.1, 0.15) is 11.9 Å². The molecule has 3 rings (SSSR count). The molecule has 2 atom stereocenters. The fraction of sp³-hybridized carbons (Fsp3) is 0.476. The molecule has 2 heterocycles. The predicted octanol–water partition coefficient (Wildman–Crippen LogP) is 3.17. The Labute approximate surface area is 179 Å².